The molecule has 2 aromatic heterocycles. The minimum absolute atomic E-state index is 0.259. The van der Waals surface area contributed by atoms with Gasteiger partial charge in [0.05, 0.1) is 18.2 Å². The third-order valence-corrected chi connectivity index (χ3v) is 3.40. The van der Waals surface area contributed by atoms with E-state index in [0.717, 1.165) is 21.1 Å². The van der Waals surface area contributed by atoms with Crippen LogP contribution in [0.5, 0.6) is 5.88 Å². The first-order valence-corrected chi connectivity index (χ1v) is 6.03. The summed E-state index contributed by atoms with van der Waals surface area (Å²) >= 11 is 3.44. The number of aromatic amines is 1. The van der Waals surface area contributed by atoms with Gasteiger partial charge in [-0.3, -0.25) is 0 Å². The molecule has 0 aliphatic heterocycles. The molecule has 0 fully saturated rings. The molecule has 2 aromatic rings. The highest BCUT2D eigenvalue weighted by molar-refractivity contribution is 9.10. The summed E-state index contributed by atoms with van der Waals surface area (Å²) in [6.07, 6.45) is 1.67. The van der Waals surface area contributed by atoms with E-state index >= 15 is 0 Å². The van der Waals surface area contributed by atoms with Crippen molar-refractivity contribution in [1.29, 1.82) is 5.26 Å². The molecule has 0 radical (unpaired) electrons. The number of rotatable bonds is 2. The van der Waals surface area contributed by atoms with Gasteiger partial charge in [0.25, 0.3) is 0 Å². The molecule has 4 nitrogen and oxygen atoms in total. The van der Waals surface area contributed by atoms with Crippen LogP contribution in [0.25, 0.3) is 10.9 Å². The maximum atomic E-state index is 9.23. The third-order valence-electron chi connectivity index (χ3n) is 2.67. The van der Waals surface area contributed by atoms with Gasteiger partial charge in [-0.2, -0.15) is 5.26 Å². The molecule has 88 valence electrons. The van der Waals surface area contributed by atoms with Crippen LogP contribution in [0.15, 0.2) is 10.7 Å². The molecule has 0 saturated carbocycles. The normalized spacial score (nSPS) is 10.8. The second-order valence-electron chi connectivity index (χ2n) is 4.05. The quantitative estimate of drug-likeness (QED) is 0.924. The number of ether oxygens (including phenoxy) is 1. The summed E-state index contributed by atoms with van der Waals surface area (Å²) in [4.78, 5) is 7.43. The molecule has 0 unspecified atom stereocenters. The molecule has 0 aliphatic carbocycles. The number of H-pyrrole nitrogens is 1. The van der Waals surface area contributed by atoms with E-state index in [4.69, 9.17) is 4.74 Å². The van der Waals surface area contributed by atoms with Gasteiger partial charge < -0.3 is 9.72 Å². The van der Waals surface area contributed by atoms with Crippen LogP contribution in [0, 0.1) is 11.3 Å². The zero-order chi connectivity index (χ0) is 12.6. The van der Waals surface area contributed by atoms with Gasteiger partial charge in [0.2, 0.25) is 5.88 Å². The largest absolute Gasteiger partial charge is 0.480 e. The molecular weight excluding hydrogens is 282 g/mol. The standard InChI is InChI=1S/C12H12BrN3O/c1-6(2)10-7(4-14)8-5-15-12(17-3)9(13)11(8)16-10/h5-6,16H,1-3H3. The minimum atomic E-state index is 0.259. The van der Waals surface area contributed by atoms with Crippen LogP contribution in [0.3, 0.4) is 0 Å². The number of aromatic nitrogens is 2. The molecule has 0 amide bonds. The van der Waals surface area contributed by atoms with Crippen molar-refractivity contribution in [3.05, 3.63) is 21.9 Å². The van der Waals surface area contributed by atoms with Gasteiger partial charge in [-0.25, -0.2) is 4.98 Å². The zero-order valence-electron chi connectivity index (χ0n) is 9.84. The van der Waals surface area contributed by atoms with Gasteiger partial charge in [0, 0.05) is 17.3 Å². The number of halogens is 1. The van der Waals surface area contributed by atoms with Crippen molar-refractivity contribution in [2.75, 3.05) is 7.11 Å². The van der Waals surface area contributed by atoms with Crippen LogP contribution in [-0.4, -0.2) is 17.1 Å². The van der Waals surface area contributed by atoms with E-state index in [1.807, 2.05) is 13.8 Å². The van der Waals surface area contributed by atoms with Gasteiger partial charge in [-0.1, -0.05) is 13.8 Å². The van der Waals surface area contributed by atoms with Crippen molar-refractivity contribution in [2.24, 2.45) is 0 Å². The van der Waals surface area contributed by atoms with Crippen LogP contribution < -0.4 is 4.74 Å². The van der Waals surface area contributed by atoms with E-state index in [-0.39, 0.29) is 5.92 Å². The van der Waals surface area contributed by atoms with Crippen LogP contribution in [0.2, 0.25) is 0 Å². The van der Waals surface area contributed by atoms with Crippen molar-refractivity contribution in [2.45, 2.75) is 19.8 Å². The van der Waals surface area contributed by atoms with Crippen LogP contribution in [0.4, 0.5) is 0 Å². The highest BCUT2D eigenvalue weighted by Gasteiger charge is 2.18. The third kappa shape index (κ3) is 1.79. The maximum Gasteiger partial charge on any atom is 0.229 e. The van der Waals surface area contributed by atoms with Crippen molar-refractivity contribution < 1.29 is 4.74 Å². The summed E-state index contributed by atoms with van der Waals surface area (Å²) in [5.74, 6) is 0.772. The lowest BCUT2D eigenvalue weighted by molar-refractivity contribution is 0.396. The number of methoxy groups -OCH3 is 1. The Morgan fingerprint density at radius 2 is 2.24 bits per heavy atom. The second-order valence-corrected chi connectivity index (χ2v) is 4.84. The molecule has 2 heterocycles. The molecule has 0 bridgehead atoms. The summed E-state index contributed by atoms with van der Waals surface area (Å²) in [6, 6.07) is 2.23. The van der Waals surface area contributed by atoms with E-state index in [9.17, 15) is 5.26 Å². The number of nitrogens with zero attached hydrogens (tertiary/aromatic N) is 2. The molecule has 1 N–H and O–H groups in total. The van der Waals surface area contributed by atoms with Crippen LogP contribution in [0.1, 0.15) is 31.0 Å². The average Bonchev–Trinajstić information content (AvgIpc) is 2.69. The molecular formula is C12H12BrN3O. The molecule has 0 saturated heterocycles. The van der Waals surface area contributed by atoms with E-state index in [1.165, 1.54) is 0 Å². The van der Waals surface area contributed by atoms with E-state index < -0.39 is 0 Å². The molecule has 0 spiro atoms. The van der Waals surface area contributed by atoms with Gasteiger partial charge in [-0.15, -0.1) is 0 Å². The average molecular weight is 294 g/mol. The van der Waals surface area contributed by atoms with Crippen molar-refractivity contribution in [1.82, 2.24) is 9.97 Å². The first-order valence-electron chi connectivity index (χ1n) is 5.24. The first-order chi connectivity index (χ1) is 8.10. The van der Waals surface area contributed by atoms with Gasteiger partial charge in [-0.05, 0) is 21.8 Å². The maximum absolute atomic E-state index is 9.23. The fourth-order valence-corrected chi connectivity index (χ4v) is 2.40. The van der Waals surface area contributed by atoms with Crippen molar-refractivity contribution >= 4 is 26.8 Å². The van der Waals surface area contributed by atoms with Gasteiger partial charge >= 0.3 is 0 Å². The van der Waals surface area contributed by atoms with Crippen LogP contribution in [-0.2, 0) is 0 Å². The van der Waals surface area contributed by atoms with E-state index in [2.05, 4.69) is 32.0 Å². The highest BCUT2D eigenvalue weighted by Crippen LogP contribution is 2.35. The lowest BCUT2D eigenvalue weighted by Gasteiger charge is -2.01. The summed E-state index contributed by atoms with van der Waals surface area (Å²) in [7, 11) is 1.57. The zero-order valence-corrected chi connectivity index (χ0v) is 11.4. The number of hydrogen-bond acceptors (Lipinski definition) is 3. The monoisotopic (exact) mass is 293 g/mol. The molecule has 2 rings (SSSR count). The Morgan fingerprint density at radius 3 is 2.76 bits per heavy atom. The number of pyridine rings is 1. The Kier molecular flexibility index (Phi) is 3.07. The van der Waals surface area contributed by atoms with E-state index in [0.29, 0.717) is 11.4 Å². The molecule has 5 heteroatoms. The lowest BCUT2D eigenvalue weighted by atomic mass is 10.1. The molecule has 0 aliphatic rings. The van der Waals surface area contributed by atoms with Crippen molar-refractivity contribution in [3.8, 4) is 11.9 Å². The summed E-state index contributed by atoms with van der Waals surface area (Å²) in [5, 5.41) is 10.1. The summed E-state index contributed by atoms with van der Waals surface area (Å²) in [6.45, 7) is 4.09. The topological polar surface area (TPSA) is 61.7 Å². The minimum Gasteiger partial charge on any atom is -0.480 e. The van der Waals surface area contributed by atoms with Crippen molar-refractivity contribution in [3.63, 3.8) is 0 Å². The van der Waals surface area contributed by atoms with Gasteiger partial charge in [0.15, 0.2) is 0 Å². The predicted molar refractivity (Wildman–Crippen MR) is 69.1 cm³/mol. The summed E-state index contributed by atoms with van der Waals surface area (Å²) < 4.78 is 5.89. The number of hydrogen-bond donors (Lipinski definition) is 1. The first kappa shape index (κ1) is 11.9. The predicted octanol–water partition coefficient (Wildman–Crippen LogP) is 3.33. The number of nitriles is 1. The fraction of sp³-hybridized carbons (Fsp3) is 0.333. The Morgan fingerprint density at radius 1 is 1.53 bits per heavy atom. The summed E-state index contributed by atoms with van der Waals surface area (Å²) in [5.41, 5.74) is 2.45. The van der Waals surface area contributed by atoms with Gasteiger partial charge in [0.1, 0.15) is 10.5 Å². The van der Waals surface area contributed by atoms with E-state index in [1.54, 1.807) is 13.3 Å². The smallest absolute Gasteiger partial charge is 0.229 e. The SMILES string of the molecule is COc1ncc2c(C#N)c(C(C)C)[nH]c2c1Br. The number of fused-ring (bicyclic) bond motifs is 1. The van der Waals surface area contributed by atoms with Crippen LogP contribution >= 0.6 is 15.9 Å². The Hall–Kier alpha value is -1.54. The molecule has 17 heavy (non-hydrogen) atoms. The number of nitrogens with one attached hydrogen (secondary N) is 1. The lowest BCUT2D eigenvalue weighted by Crippen LogP contribution is -1.90. The Balaban J connectivity index is 2.83. The Bertz CT molecular complexity index is 610. The fourth-order valence-electron chi connectivity index (χ4n) is 1.82. The molecule has 0 aromatic carbocycles. The Labute approximate surface area is 108 Å². The molecule has 0 atom stereocenters. The second kappa shape index (κ2) is 4.38. The highest BCUT2D eigenvalue weighted by atomic mass is 79.9.